The smallest absolute Gasteiger partial charge is 0.230 e. The van der Waals surface area contributed by atoms with E-state index in [1.807, 2.05) is 6.07 Å². The number of hydrogen-bond donors (Lipinski definition) is 0. The van der Waals surface area contributed by atoms with Crippen LogP contribution in [0.25, 0.3) is 0 Å². The molecule has 0 N–H and O–H groups in total. The van der Waals surface area contributed by atoms with Gasteiger partial charge in [0.05, 0.1) is 0 Å². The Hall–Kier alpha value is -1.57. The third-order valence-electron chi connectivity index (χ3n) is 5.33. The zero-order valence-electron chi connectivity index (χ0n) is 11.8. The van der Waals surface area contributed by atoms with Crippen molar-refractivity contribution in [1.29, 1.82) is 0 Å². The maximum atomic E-state index is 12.7. The van der Waals surface area contributed by atoms with Crippen LogP contribution in [0.4, 0.5) is 0 Å². The van der Waals surface area contributed by atoms with Gasteiger partial charge >= 0.3 is 0 Å². The van der Waals surface area contributed by atoms with Gasteiger partial charge in [-0.25, -0.2) is 0 Å². The highest BCUT2D eigenvalue weighted by Gasteiger charge is 2.50. The molecular weight excluding hydrogens is 246 g/mol. The highest BCUT2D eigenvalue weighted by Crippen LogP contribution is 2.47. The number of carbonyl (C=O) groups is 1. The fourth-order valence-corrected chi connectivity index (χ4v) is 4.41. The molecule has 3 aliphatic rings. The third kappa shape index (κ3) is 1.81. The first kappa shape index (κ1) is 12.2. The zero-order chi connectivity index (χ0) is 13.5. The Labute approximate surface area is 120 Å². The molecule has 0 radical (unpaired) electrons. The molecule has 0 unspecified atom stereocenters. The largest absolute Gasteiger partial charge is 0.312 e. The topological polar surface area (TPSA) is 20.3 Å². The molecule has 2 nitrogen and oxygen atoms in total. The molecule has 2 fully saturated rings. The molecule has 2 heterocycles. The summed E-state index contributed by atoms with van der Waals surface area (Å²) in [4.78, 5) is 14.9. The lowest BCUT2D eigenvalue weighted by molar-refractivity contribution is -0.130. The van der Waals surface area contributed by atoms with Crippen LogP contribution < -0.4 is 0 Å². The van der Waals surface area contributed by atoms with E-state index in [2.05, 4.69) is 35.2 Å². The molecule has 2 aliphatic heterocycles. The van der Waals surface area contributed by atoms with E-state index in [-0.39, 0.29) is 0 Å². The Balaban J connectivity index is 1.57. The molecule has 1 aromatic carbocycles. The second-order valence-electron chi connectivity index (χ2n) is 6.42. The average molecular weight is 267 g/mol. The minimum atomic E-state index is 0.327. The zero-order valence-corrected chi connectivity index (χ0v) is 11.8. The monoisotopic (exact) mass is 267 g/mol. The highest BCUT2D eigenvalue weighted by atomic mass is 16.2. The maximum Gasteiger partial charge on any atom is 0.230 e. The maximum absolute atomic E-state index is 12.7. The summed E-state index contributed by atoms with van der Waals surface area (Å²) in [5, 5.41) is 0. The van der Waals surface area contributed by atoms with Crippen LogP contribution in [0.2, 0.25) is 0 Å². The van der Waals surface area contributed by atoms with Gasteiger partial charge in [0.1, 0.15) is 0 Å². The van der Waals surface area contributed by atoms with Crippen molar-refractivity contribution in [3.05, 3.63) is 47.7 Å². The molecule has 1 aromatic rings. The molecule has 0 aromatic heterocycles. The Morgan fingerprint density at radius 2 is 1.90 bits per heavy atom. The molecule has 1 saturated carbocycles. The van der Waals surface area contributed by atoms with Crippen LogP contribution in [-0.4, -0.2) is 16.8 Å². The lowest BCUT2D eigenvalue weighted by Gasteiger charge is -2.26. The van der Waals surface area contributed by atoms with Crippen molar-refractivity contribution in [1.82, 2.24) is 4.90 Å². The van der Waals surface area contributed by atoms with Crippen LogP contribution in [0.1, 0.15) is 37.7 Å². The predicted molar refractivity (Wildman–Crippen MR) is 78.9 cm³/mol. The lowest BCUT2D eigenvalue weighted by Crippen LogP contribution is -2.30. The molecule has 1 aliphatic carbocycles. The Morgan fingerprint density at radius 3 is 2.75 bits per heavy atom. The summed E-state index contributed by atoms with van der Waals surface area (Å²) in [5.74, 6) is 1.37. The van der Waals surface area contributed by atoms with E-state index >= 15 is 0 Å². The average Bonchev–Trinajstić information content (AvgIpc) is 3.02. The third-order valence-corrected chi connectivity index (χ3v) is 5.33. The first-order chi connectivity index (χ1) is 9.84. The van der Waals surface area contributed by atoms with Crippen molar-refractivity contribution >= 4 is 5.91 Å². The van der Waals surface area contributed by atoms with E-state index in [0.717, 1.165) is 19.3 Å². The molecule has 3 atom stereocenters. The van der Waals surface area contributed by atoms with Gasteiger partial charge in [-0.2, -0.15) is 0 Å². The molecule has 4 rings (SSSR count). The number of hydrogen-bond acceptors (Lipinski definition) is 1. The second kappa shape index (κ2) is 4.76. The molecule has 0 spiro atoms. The van der Waals surface area contributed by atoms with Gasteiger partial charge in [-0.3, -0.25) is 4.79 Å². The highest BCUT2D eigenvalue weighted by molar-refractivity contribution is 5.84. The van der Waals surface area contributed by atoms with Gasteiger partial charge in [0.25, 0.3) is 0 Å². The van der Waals surface area contributed by atoms with Crippen LogP contribution in [0.5, 0.6) is 0 Å². The fourth-order valence-electron chi connectivity index (χ4n) is 4.41. The van der Waals surface area contributed by atoms with Crippen LogP contribution in [-0.2, 0) is 11.2 Å². The van der Waals surface area contributed by atoms with Gasteiger partial charge in [0.15, 0.2) is 0 Å². The summed E-state index contributed by atoms with van der Waals surface area (Å²) in [7, 11) is 0. The normalized spacial score (nSPS) is 32.0. The first-order valence-corrected chi connectivity index (χ1v) is 7.90. The minimum Gasteiger partial charge on any atom is -0.312 e. The molecule has 1 saturated heterocycles. The van der Waals surface area contributed by atoms with Gasteiger partial charge in [0.2, 0.25) is 5.91 Å². The number of benzene rings is 1. The molecule has 104 valence electrons. The molecule has 1 amide bonds. The number of carbonyl (C=O) groups excluding carboxylic acids is 1. The number of amides is 1. The van der Waals surface area contributed by atoms with Gasteiger partial charge < -0.3 is 4.90 Å². The van der Waals surface area contributed by atoms with Gasteiger partial charge in [-0.15, -0.1) is 0 Å². The van der Waals surface area contributed by atoms with E-state index in [9.17, 15) is 4.79 Å². The Morgan fingerprint density at radius 1 is 1.10 bits per heavy atom. The first-order valence-electron chi connectivity index (χ1n) is 7.90. The van der Waals surface area contributed by atoms with E-state index in [1.54, 1.807) is 0 Å². The van der Waals surface area contributed by atoms with Crippen LogP contribution in [0, 0.1) is 11.8 Å². The second-order valence-corrected chi connectivity index (χ2v) is 6.42. The van der Waals surface area contributed by atoms with E-state index < -0.39 is 0 Å². The lowest BCUT2D eigenvalue weighted by atomic mass is 9.77. The number of nitrogens with zero attached hydrogens (tertiary/aromatic N) is 1. The summed E-state index contributed by atoms with van der Waals surface area (Å²) in [5.41, 5.74) is 2.56. The van der Waals surface area contributed by atoms with E-state index in [4.69, 9.17) is 0 Å². The predicted octanol–water partition coefficient (Wildman–Crippen LogP) is 3.53. The SMILES string of the molecule is O=C1[C@H]2CCCC[C@H]2[C@@H]2CC=C(Cc3ccccc3)N12. The van der Waals surface area contributed by atoms with E-state index in [0.29, 0.717) is 23.8 Å². The van der Waals surface area contributed by atoms with Gasteiger partial charge in [-0.05, 0) is 30.7 Å². The van der Waals surface area contributed by atoms with Gasteiger partial charge in [-0.1, -0.05) is 49.2 Å². The van der Waals surface area contributed by atoms with Crippen molar-refractivity contribution in [3.63, 3.8) is 0 Å². The summed E-state index contributed by atoms with van der Waals surface area (Å²) in [6, 6.07) is 11.0. The standard InChI is InChI=1S/C18H21NO/c20-18-16-9-5-4-8-15(16)17-11-10-14(19(17)18)12-13-6-2-1-3-7-13/h1-3,6-7,10,15-17H,4-5,8-9,11-12H2/t15-,16+,17+/m1/s1. The molecule has 2 heteroatoms. The summed E-state index contributed by atoms with van der Waals surface area (Å²) in [6.45, 7) is 0. The molecule has 0 bridgehead atoms. The number of rotatable bonds is 2. The number of allylic oxidation sites excluding steroid dienone is 1. The fraction of sp³-hybridized carbons (Fsp3) is 0.500. The summed E-state index contributed by atoms with van der Waals surface area (Å²) < 4.78 is 0. The van der Waals surface area contributed by atoms with Crippen molar-refractivity contribution in [3.8, 4) is 0 Å². The summed E-state index contributed by atoms with van der Waals surface area (Å²) >= 11 is 0. The van der Waals surface area contributed by atoms with Gasteiger partial charge in [0, 0.05) is 24.1 Å². The van der Waals surface area contributed by atoms with Crippen LogP contribution in [0.15, 0.2) is 42.1 Å². The van der Waals surface area contributed by atoms with Crippen molar-refractivity contribution in [2.24, 2.45) is 11.8 Å². The number of fused-ring (bicyclic) bond motifs is 3. The minimum absolute atomic E-state index is 0.327. The van der Waals surface area contributed by atoms with Crippen LogP contribution in [0.3, 0.4) is 0 Å². The van der Waals surface area contributed by atoms with Crippen LogP contribution >= 0.6 is 0 Å². The molecule has 20 heavy (non-hydrogen) atoms. The van der Waals surface area contributed by atoms with Crippen molar-refractivity contribution in [2.45, 2.75) is 44.6 Å². The Kier molecular flexibility index (Phi) is 2.90. The Bertz CT molecular complexity index is 548. The molecular formula is C18H21NO. The van der Waals surface area contributed by atoms with Crippen molar-refractivity contribution < 1.29 is 4.79 Å². The van der Waals surface area contributed by atoms with E-state index in [1.165, 1.54) is 30.5 Å². The summed E-state index contributed by atoms with van der Waals surface area (Å²) in [6.07, 6.45) is 9.22. The quantitative estimate of drug-likeness (QED) is 0.802. The van der Waals surface area contributed by atoms with Crippen molar-refractivity contribution in [2.75, 3.05) is 0 Å².